The minimum absolute atomic E-state index is 0.0813. The standard InChI is InChI=1S/C25H47N7O5/c1-23(2,3)37-22(36)32-25(15-17(25)9-7-13-28)21(35)30-18(10-4-5-11-26)19(33)31-24(20(29)34)14-16(24)8-6-12-27/h16-18H,4-15,26-28H2,1-3H3,(H2,29,34)(H,30,35)(H,31,33)(H,32,36)/t16?,17?,18-,24?,25?/m0/s1. The van der Waals surface area contributed by atoms with E-state index in [1.807, 2.05) is 0 Å². The van der Waals surface area contributed by atoms with Crippen molar-refractivity contribution in [2.75, 3.05) is 19.6 Å². The quantitative estimate of drug-likeness (QED) is 0.133. The maximum Gasteiger partial charge on any atom is 0.408 e. The SMILES string of the molecule is CC(C)(C)OC(=O)NC1(C(=O)N[C@@H](CCCCN)C(=O)NC2(C(N)=O)CC2CCCN)CC1CCCN. The van der Waals surface area contributed by atoms with Crippen LogP contribution in [0.5, 0.6) is 0 Å². The van der Waals surface area contributed by atoms with E-state index in [1.54, 1.807) is 20.8 Å². The highest BCUT2D eigenvalue weighted by Crippen LogP contribution is 2.48. The van der Waals surface area contributed by atoms with E-state index in [1.165, 1.54) is 0 Å². The zero-order valence-corrected chi connectivity index (χ0v) is 22.6. The lowest BCUT2D eigenvalue weighted by atomic mass is 10.0. The van der Waals surface area contributed by atoms with Crippen LogP contribution in [0.15, 0.2) is 0 Å². The van der Waals surface area contributed by atoms with Crippen molar-refractivity contribution in [1.82, 2.24) is 16.0 Å². The molecule has 5 atom stereocenters. The normalized spacial score (nSPS) is 27.1. The van der Waals surface area contributed by atoms with E-state index in [9.17, 15) is 19.2 Å². The molecule has 2 rings (SSSR count). The van der Waals surface area contributed by atoms with Crippen molar-refractivity contribution < 1.29 is 23.9 Å². The Morgan fingerprint density at radius 2 is 1.41 bits per heavy atom. The molecule has 2 fully saturated rings. The summed E-state index contributed by atoms with van der Waals surface area (Å²) >= 11 is 0. The maximum atomic E-state index is 13.5. The highest BCUT2D eigenvalue weighted by molar-refractivity contribution is 5.99. The number of amides is 4. The van der Waals surface area contributed by atoms with Gasteiger partial charge in [-0.3, -0.25) is 14.4 Å². The molecule has 0 aliphatic heterocycles. The molecule has 0 aromatic heterocycles. The fourth-order valence-corrected chi connectivity index (χ4v) is 4.93. The molecule has 0 bridgehead atoms. The van der Waals surface area contributed by atoms with Crippen molar-refractivity contribution in [2.24, 2.45) is 34.8 Å². The van der Waals surface area contributed by atoms with Crippen molar-refractivity contribution >= 4 is 23.8 Å². The molecule has 0 saturated heterocycles. The summed E-state index contributed by atoms with van der Waals surface area (Å²) < 4.78 is 5.38. The molecule has 2 aliphatic rings. The molecule has 4 amide bonds. The number of primary amides is 1. The van der Waals surface area contributed by atoms with Gasteiger partial charge in [0.25, 0.3) is 0 Å². The van der Waals surface area contributed by atoms with E-state index < -0.39 is 46.5 Å². The van der Waals surface area contributed by atoms with Gasteiger partial charge in [-0.2, -0.15) is 0 Å². The summed E-state index contributed by atoms with van der Waals surface area (Å²) in [7, 11) is 0. The lowest BCUT2D eigenvalue weighted by Gasteiger charge is -2.27. The van der Waals surface area contributed by atoms with E-state index in [0.29, 0.717) is 71.0 Å². The van der Waals surface area contributed by atoms with Crippen LogP contribution < -0.4 is 38.9 Å². The number of nitrogens with two attached hydrogens (primary N) is 4. The second kappa shape index (κ2) is 12.9. The van der Waals surface area contributed by atoms with Gasteiger partial charge < -0.3 is 43.6 Å². The highest BCUT2D eigenvalue weighted by Gasteiger charge is 2.62. The van der Waals surface area contributed by atoms with Crippen LogP contribution in [-0.2, 0) is 19.1 Å². The number of hydrogen-bond donors (Lipinski definition) is 7. The van der Waals surface area contributed by atoms with Crippen LogP contribution in [0.2, 0.25) is 0 Å². The molecule has 0 spiro atoms. The third kappa shape index (κ3) is 8.27. The average molecular weight is 526 g/mol. The molecule has 4 unspecified atom stereocenters. The topological polar surface area (TPSA) is 218 Å². The Hall–Kier alpha value is -2.44. The van der Waals surface area contributed by atoms with Crippen LogP contribution >= 0.6 is 0 Å². The first-order valence-electron chi connectivity index (χ1n) is 13.4. The largest absolute Gasteiger partial charge is 0.444 e. The van der Waals surface area contributed by atoms with Gasteiger partial charge in [0.05, 0.1) is 0 Å². The second-order valence-corrected chi connectivity index (χ2v) is 11.4. The first-order valence-corrected chi connectivity index (χ1v) is 13.4. The summed E-state index contributed by atoms with van der Waals surface area (Å²) in [5, 5.41) is 8.41. The van der Waals surface area contributed by atoms with Gasteiger partial charge >= 0.3 is 6.09 Å². The average Bonchev–Trinajstić information content (AvgIpc) is 3.69. The molecule has 12 heteroatoms. The molecule has 37 heavy (non-hydrogen) atoms. The number of nitrogens with one attached hydrogen (secondary N) is 3. The molecule has 212 valence electrons. The van der Waals surface area contributed by atoms with E-state index in [0.717, 1.165) is 6.42 Å². The number of rotatable bonds is 16. The van der Waals surface area contributed by atoms with Gasteiger partial charge in [-0.25, -0.2) is 4.79 Å². The fourth-order valence-electron chi connectivity index (χ4n) is 4.93. The lowest BCUT2D eigenvalue weighted by Crippen LogP contribution is -2.59. The van der Waals surface area contributed by atoms with Gasteiger partial charge in [0.2, 0.25) is 17.7 Å². The highest BCUT2D eigenvalue weighted by atomic mass is 16.6. The van der Waals surface area contributed by atoms with Crippen molar-refractivity contribution in [3.63, 3.8) is 0 Å². The fraction of sp³-hybridized carbons (Fsp3) is 0.840. The Morgan fingerprint density at radius 1 is 0.865 bits per heavy atom. The van der Waals surface area contributed by atoms with Crippen LogP contribution in [0, 0.1) is 11.8 Å². The molecule has 0 heterocycles. The van der Waals surface area contributed by atoms with Gasteiger partial charge in [-0.15, -0.1) is 0 Å². The van der Waals surface area contributed by atoms with Crippen molar-refractivity contribution in [1.29, 1.82) is 0 Å². The first-order chi connectivity index (χ1) is 17.3. The minimum atomic E-state index is -1.19. The molecule has 0 aromatic rings. The summed E-state index contributed by atoms with van der Waals surface area (Å²) in [6.07, 6.45) is 4.50. The molecule has 2 saturated carbocycles. The molecule has 0 radical (unpaired) electrons. The number of carbonyl (C=O) groups is 4. The van der Waals surface area contributed by atoms with Crippen LogP contribution in [0.4, 0.5) is 4.79 Å². The number of unbranched alkanes of at least 4 members (excludes halogenated alkanes) is 1. The Bertz CT molecular complexity index is 833. The van der Waals surface area contributed by atoms with Crippen LogP contribution in [-0.4, -0.2) is 66.2 Å². The van der Waals surface area contributed by atoms with E-state index in [2.05, 4.69) is 16.0 Å². The molecule has 11 N–H and O–H groups in total. The van der Waals surface area contributed by atoms with Gasteiger partial charge in [0.15, 0.2) is 0 Å². The maximum absolute atomic E-state index is 13.5. The smallest absolute Gasteiger partial charge is 0.408 e. The summed E-state index contributed by atoms with van der Waals surface area (Å²) in [4.78, 5) is 51.7. The van der Waals surface area contributed by atoms with Gasteiger partial charge in [0.1, 0.15) is 22.7 Å². The number of ether oxygens (including phenoxy) is 1. The summed E-state index contributed by atoms with van der Waals surface area (Å²) in [5.41, 5.74) is 19.5. The van der Waals surface area contributed by atoms with E-state index in [4.69, 9.17) is 27.7 Å². The minimum Gasteiger partial charge on any atom is -0.444 e. The first kappa shape index (κ1) is 30.8. The number of carbonyl (C=O) groups excluding carboxylic acids is 4. The Morgan fingerprint density at radius 3 is 1.92 bits per heavy atom. The monoisotopic (exact) mass is 525 g/mol. The summed E-state index contributed by atoms with van der Waals surface area (Å²) in [5.74, 6) is -1.75. The molecule has 2 aliphatic carbocycles. The summed E-state index contributed by atoms with van der Waals surface area (Å²) in [6, 6.07) is -0.917. The predicted octanol–water partition coefficient (Wildman–Crippen LogP) is -0.278. The number of hydrogen-bond acceptors (Lipinski definition) is 8. The van der Waals surface area contributed by atoms with Crippen LogP contribution in [0.1, 0.15) is 78.6 Å². The zero-order chi connectivity index (χ0) is 27.9. The number of alkyl carbamates (subject to hydrolysis) is 1. The summed E-state index contributed by atoms with van der Waals surface area (Å²) in [6.45, 7) is 6.61. The third-order valence-electron chi connectivity index (χ3n) is 7.21. The van der Waals surface area contributed by atoms with E-state index >= 15 is 0 Å². The predicted molar refractivity (Wildman–Crippen MR) is 140 cm³/mol. The van der Waals surface area contributed by atoms with Gasteiger partial charge in [0, 0.05) is 0 Å². The van der Waals surface area contributed by atoms with Crippen molar-refractivity contribution in [2.45, 2.75) is 101 Å². The molecular formula is C25H47N7O5. The molecular weight excluding hydrogens is 478 g/mol. The van der Waals surface area contributed by atoms with Gasteiger partial charge in [-0.1, -0.05) is 0 Å². The second-order valence-electron chi connectivity index (χ2n) is 11.4. The van der Waals surface area contributed by atoms with Gasteiger partial charge in [-0.05, 0) is 110 Å². The van der Waals surface area contributed by atoms with Crippen molar-refractivity contribution in [3.05, 3.63) is 0 Å². The van der Waals surface area contributed by atoms with E-state index in [-0.39, 0.29) is 11.8 Å². The Balaban J connectivity index is 2.17. The molecule has 0 aromatic carbocycles. The van der Waals surface area contributed by atoms with Crippen LogP contribution in [0.3, 0.4) is 0 Å². The molecule has 12 nitrogen and oxygen atoms in total. The Kier molecular flexibility index (Phi) is 10.7. The Labute approximate surface area is 219 Å². The zero-order valence-electron chi connectivity index (χ0n) is 22.6. The van der Waals surface area contributed by atoms with Crippen LogP contribution in [0.25, 0.3) is 0 Å². The third-order valence-corrected chi connectivity index (χ3v) is 7.21. The lowest BCUT2D eigenvalue weighted by molar-refractivity contribution is -0.133. The van der Waals surface area contributed by atoms with Crippen molar-refractivity contribution in [3.8, 4) is 0 Å².